The molecule has 1 unspecified atom stereocenters. The van der Waals surface area contributed by atoms with E-state index in [1.54, 1.807) is 12.1 Å². The lowest BCUT2D eigenvalue weighted by Crippen LogP contribution is -2.21. The third kappa shape index (κ3) is 6.64. The van der Waals surface area contributed by atoms with Crippen LogP contribution in [0, 0.1) is 21.4 Å². The number of benzene rings is 3. The SMILES string of the molecule is CCCCCOc1ccc(C2C(C#N)=C(N)Oc3cc(OC(=O)COc4ccc([N+](=O)[O-])cc4)ccc32)cc1. The third-order valence-corrected chi connectivity index (χ3v) is 6.06. The van der Waals surface area contributed by atoms with Crippen molar-refractivity contribution in [2.75, 3.05) is 13.2 Å². The van der Waals surface area contributed by atoms with Gasteiger partial charge in [0.2, 0.25) is 5.88 Å². The highest BCUT2D eigenvalue weighted by Gasteiger charge is 2.31. The van der Waals surface area contributed by atoms with Gasteiger partial charge < -0.3 is 24.7 Å². The molecule has 0 radical (unpaired) electrons. The van der Waals surface area contributed by atoms with Crippen molar-refractivity contribution in [3.8, 4) is 29.1 Å². The number of carbonyl (C=O) groups excluding carboxylic acids is 1. The standard InChI is InChI=1S/C29H27N3O7/c1-2-3-4-15-36-21-9-5-19(6-10-21)28-24-14-13-23(16-26(24)39-29(31)25(28)17-30)38-27(33)18-37-22-11-7-20(8-12-22)32(34)35/h5-14,16,28H,2-4,15,18,31H2,1H3. The molecule has 200 valence electrons. The summed E-state index contributed by atoms with van der Waals surface area (Å²) in [5.41, 5.74) is 7.81. The molecule has 1 aliphatic rings. The first kappa shape index (κ1) is 27.0. The molecule has 0 aromatic heterocycles. The molecule has 0 aliphatic carbocycles. The number of nitrogens with two attached hydrogens (primary N) is 1. The van der Waals surface area contributed by atoms with Crippen molar-refractivity contribution in [3.05, 3.63) is 99.4 Å². The van der Waals surface area contributed by atoms with Crippen LogP contribution in [-0.4, -0.2) is 24.1 Å². The van der Waals surface area contributed by atoms with E-state index < -0.39 is 23.4 Å². The van der Waals surface area contributed by atoms with Gasteiger partial charge >= 0.3 is 5.97 Å². The first-order chi connectivity index (χ1) is 18.9. The molecule has 1 atom stereocenters. The van der Waals surface area contributed by atoms with Crippen LogP contribution in [0.15, 0.2) is 78.2 Å². The molecule has 39 heavy (non-hydrogen) atoms. The molecule has 0 fully saturated rings. The summed E-state index contributed by atoms with van der Waals surface area (Å²) in [6.45, 7) is 2.37. The lowest BCUT2D eigenvalue weighted by Gasteiger charge is -2.26. The van der Waals surface area contributed by atoms with E-state index >= 15 is 0 Å². The van der Waals surface area contributed by atoms with Crippen LogP contribution in [0.2, 0.25) is 0 Å². The van der Waals surface area contributed by atoms with Crippen LogP contribution in [0.4, 0.5) is 5.69 Å². The Labute approximate surface area is 225 Å². The third-order valence-electron chi connectivity index (χ3n) is 6.06. The summed E-state index contributed by atoms with van der Waals surface area (Å²) in [5, 5.41) is 20.6. The van der Waals surface area contributed by atoms with E-state index in [-0.39, 0.29) is 28.6 Å². The molecule has 1 heterocycles. The fraction of sp³-hybridized carbons (Fsp3) is 0.241. The summed E-state index contributed by atoms with van der Waals surface area (Å²) in [4.78, 5) is 22.6. The Balaban J connectivity index is 1.45. The minimum Gasteiger partial charge on any atom is -0.494 e. The second-order valence-electron chi connectivity index (χ2n) is 8.76. The van der Waals surface area contributed by atoms with E-state index in [0.29, 0.717) is 17.9 Å². The largest absolute Gasteiger partial charge is 0.494 e. The molecule has 3 aromatic carbocycles. The topological polar surface area (TPSA) is 147 Å². The number of nitriles is 1. The number of esters is 1. The summed E-state index contributed by atoms with van der Waals surface area (Å²) < 4.78 is 22.2. The molecule has 1 aliphatic heterocycles. The molecule has 0 saturated carbocycles. The first-order valence-corrected chi connectivity index (χ1v) is 12.4. The van der Waals surface area contributed by atoms with Gasteiger partial charge in [0.05, 0.1) is 17.4 Å². The summed E-state index contributed by atoms with van der Waals surface area (Å²) >= 11 is 0. The summed E-state index contributed by atoms with van der Waals surface area (Å²) in [6, 6.07) is 19.9. The highest BCUT2D eigenvalue weighted by molar-refractivity contribution is 5.74. The van der Waals surface area contributed by atoms with Gasteiger partial charge in [-0.2, -0.15) is 5.26 Å². The van der Waals surface area contributed by atoms with Crippen molar-refractivity contribution in [1.29, 1.82) is 5.26 Å². The smallest absolute Gasteiger partial charge is 0.349 e. The molecule has 0 spiro atoms. The van der Waals surface area contributed by atoms with Gasteiger partial charge in [-0.25, -0.2) is 4.79 Å². The summed E-state index contributed by atoms with van der Waals surface area (Å²) in [6.07, 6.45) is 3.21. The maximum Gasteiger partial charge on any atom is 0.349 e. The number of non-ortho nitro benzene ring substituents is 1. The normalized spacial score (nSPS) is 14.0. The molecule has 0 bridgehead atoms. The summed E-state index contributed by atoms with van der Waals surface area (Å²) in [5.74, 6) is 0.413. The van der Waals surface area contributed by atoms with Crippen molar-refractivity contribution >= 4 is 11.7 Å². The first-order valence-electron chi connectivity index (χ1n) is 12.4. The van der Waals surface area contributed by atoms with Gasteiger partial charge in [0.1, 0.15) is 34.6 Å². The average molecular weight is 530 g/mol. The van der Waals surface area contributed by atoms with Crippen LogP contribution in [0.3, 0.4) is 0 Å². The number of hydrogen-bond donors (Lipinski definition) is 1. The van der Waals surface area contributed by atoms with Crippen LogP contribution in [0.1, 0.15) is 43.2 Å². The van der Waals surface area contributed by atoms with Crippen LogP contribution in [0.25, 0.3) is 0 Å². The molecule has 10 heteroatoms. The van der Waals surface area contributed by atoms with Gasteiger partial charge in [-0.1, -0.05) is 38.0 Å². The number of unbranched alkanes of at least 4 members (excludes halogenated alkanes) is 2. The van der Waals surface area contributed by atoms with Gasteiger partial charge in [-0.05, 0) is 42.3 Å². The zero-order valence-electron chi connectivity index (χ0n) is 21.3. The lowest BCUT2D eigenvalue weighted by atomic mass is 9.83. The second kappa shape index (κ2) is 12.5. The van der Waals surface area contributed by atoms with E-state index in [1.807, 2.05) is 24.3 Å². The number of nitro benzene ring substituents is 1. The molecule has 0 saturated heterocycles. The number of rotatable bonds is 11. The number of hydrogen-bond acceptors (Lipinski definition) is 9. The molecule has 3 aromatic rings. The van der Waals surface area contributed by atoms with Crippen molar-refractivity contribution in [2.24, 2.45) is 5.73 Å². The van der Waals surface area contributed by atoms with E-state index in [2.05, 4.69) is 13.0 Å². The average Bonchev–Trinajstić information content (AvgIpc) is 2.94. The number of carbonyl (C=O) groups is 1. The highest BCUT2D eigenvalue weighted by atomic mass is 16.6. The Kier molecular flexibility index (Phi) is 8.64. The van der Waals surface area contributed by atoms with Crippen molar-refractivity contribution in [3.63, 3.8) is 0 Å². The molecular weight excluding hydrogens is 502 g/mol. The number of nitro groups is 1. The van der Waals surface area contributed by atoms with Gasteiger partial charge in [0.25, 0.3) is 5.69 Å². The Morgan fingerprint density at radius 3 is 2.36 bits per heavy atom. The van der Waals surface area contributed by atoms with Crippen molar-refractivity contribution in [2.45, 2.75) is 32.1 Å². The predicted octanol–water partition coefficient (Wildman–Crippen LogP) is 5.37. The second-order valence-corrected chi connectivity index (χ2v) is 8.76. The maximum atomic E-state index is 12.3. The Morgan fingerprint density at radius 1 is 1.03 bits per heavy atom. The predicted molar refractivity (Wildman–Crippen MR) is 141 cm³/mol. The Bertz CT molecular complexity index is 1410. The van der Waals surface area contributed by atoms with E-state index in [4.69, 9.17) is 24.7 Å². The van der Waals surface area contributed by atoms with Gasteiger partial charge in [-0.3, -0.25) is 10.1 Å². The fourth-order valence-corrected chi connectivity index (χ4v) is 4.11. The molecular formula is C29H27N3O7. The van der Waals surface area contributed by atoms with E-state index in [0.717, 1.165) is 30.6 Å². The molecule has 0 amide bonds. The quantitative estimate of drug-likeness (QED) is 0.114. The maximum absolute atomic E-state index is 12.3. The van der Waals surface area contributed by atoms with Crippen LogP contribution in [0.5, 0.6) is 23.0 Å². The van der Waals surface area contributed by atoms with Crippen LogP contribution in [-0.2, 0) is 4.79 Å². The van der Waals surface area contributed by atoms with Crippen LogP contribution >= 0.6 is 0 Å². The highest BCUT2D eigenvalue weighted by Crippen LogP contribution is 2.43. The number of allylic oxidation sites excluding steroid dienone is 1. The van der Waals surface area contributed by atoms with Gasteiger partial charge in [-0.15, -0.1) is 0 Å². The Morgan fingerprint density at radius 2 is 1.69 bits per heavy atom. The number of fused-ring (bicyclic) bond motifs is 1. The zero-order chi connectivity index (χ0) is 27.8. The monoisotopic (exact) mass is 529 g/mol. The lowest BCUT2D eigenvalue weighted by molar-refractivity contribution is -0.384. The van der Waals surface area contributed by atoms with Gasteiger partial charge in [0, 0.05) is 23.8 Å². The number of nitrogens with zero attached hydrogens (tertiary/aromatic N) is 2. The zero-order valence-corrected chi connectivity index (χ0v) is 21.3. The fourth-order valence-electron chi connectivity index (χ4n) is 4.11. The minimum atomic E-state index is -0.684. The van der Waals surface area contributed by atoms with E-state index in [9.17, 15) is 20.2 Å². The van der Waals surface area contributed by atoms with Crippen LogP contribution < -0.4 is 24.7 Å². The van der Waals surface area contributed by atoms with Gasteiger partial charge in [0.15, 0.2) is 6.61 Å². The van der Waals surface area contributed by atoms with Crippen molar-refractivity contribution in [1.82, 2.24) is 0 Å². The summed E-state index contributed by atoms with van der Waals surface area (Å²) in [7, 11) is 0. The van der Waals surface area contributed by atoms with E-state index in [1.165, 1.54) is 30.3 Å². The molecule has 2 N–H and O–H groups in total. The van der Waals surface area contributed by atoms with Crippen molar-refractivity contribution < 1.29 is 28.7 Å². The molecule has 10 nitrogen and oxygen atoms in total. The minimum absolute atomic E-state index is 0.0279. The molecule has 4 rings (SSSR count). The number of ether oxygens (including phenoxy) is 4. The Hall–Kier alpha value is -5.04.